The quantitative estimate of drug-likeness (QED) is 0.686. The van der Waals surface area contributed by atoms with E-state index in [9.17, 15) is 4.79 Å². The van der Waals surface area contributed by atoms with Crippen LogP contribution in [-0.4, -0.2) is 17.6 Å². The summed E-state index contributed by atoms with van der Waals surface area (Å²) in [6, 6.07) is 3.21. The van der Waals surface area contributed by atoms with Crippen LogP contribution in [0.3, 0.4) is 0 Å². The number of esters is 1. The second kappa shape index (κ2) is 4.41. The molecule has 0 spiro atoms. The van der Waals surface area contributed by atoms with E-state index in [1.54, 1.807) is 36.7 Å². The van der Waals surface area contributed by atoms with Gasteiger partial charge in [-0.15, -0.1) is 0 Å². The Morgan fingerprint density at radius 3 is 2.87 bits per heavy atom. The second-order valence-electron chi connectivity index (χ2n) is 2.87. The molecule has 0 aromatic carbocycles. The Labute approximate surface area is 86.8 Å². The molecular formula is C11H9NO3. The minimum absolute atomic E-state index is 0.393. The number of rotatable bonds is 2. The lowest BCUT2D eigenvalue weighted by Crippen LogP contribution is -2.06. The molecule has 0 aliphatic carbocycles. The summed E-state index contributed by atoms with van der Waals surface area (Å²) in [4.78, 5) is 15.4. The predicted molar refractivity (Wildman–Crippen MR) is 52.8 cm³/mol. The van der Waals surface area contributed by atoms with Gasteiger partial charge in [-0.3, -0.25) is 4.98 Å². The summed E-state index contributed by atoms with van der Waals surface area (Å²) in [5, 5.41) is 0. The lowest BCUT2D eigenvalue weighted by atomic mass is 10.3. The van der Waals surface area contributed by atoms with Crippen molar-refractivity contribution in [2.24, 2.45) is 0 Å². The van der Waals surface area contributed by atoms with Crippen LogP contribution in [0.4, 0.5) is 0 Å². The zero-order valence-corrected chi connectivity index (χ0v) is 7.92. The molecule has 2 rings (SSSR count). The number of carbonyl (C=O) groups excluding carboxylic acids is 1. The van der Waals surface area contributed by atoms with Gasteiger partial charge < -0.3 is 9.47 Å². The molecule has 4 nitrogen and oxygen atoms in total. The maximum Gasteiger partial charge on any atom is 0.343 e. The molecule has 0 fully saturated rings. The first-order valence-electron chi connectivity index (χ1n) is 4.47. The Hall–Kier alpha value is -2.10. The number of carbonyl (C=O) groups is 1. The Bertz CT molecular complexity index is 409. The molecular weight excluding hydrogens is 194 g/mol. The van der Waals surface area contributed by atoms with Crippen LogP contribution in [0.25, 0.3) is 0 Å². The van der Waals surface area contributed by atoms with Gasteiger partial charge in [-0.05, 0) is 18.2 Å². The molecule has 15 heavy (non-hydrogen) atoms. The van der Waals surface area contributed by atoms with Crippen LogP contribution in [0.5, 0.6) is 0 Å². The van der Waals surface area contributed by atoms with Gasteiger partial charge in [0, 0.05) is 18.5 Å². The maximum absolute atomic E-state index is 11.5. The Morgan fingerprint density at radius 1 is 1.40 bits per heavy atom. The fourth-order valence-corrected chi connectivity index (χ4v) is 1.10. The molecule has 0 bridgehead atoms. The molecule has 1 aliphatic heterocycles. The van der Waals surface area contributed by atoms with Crippen molar-refractivity contribution < 1.29 is 14.3 Å². The van der Waals surface area contributed by atoms with Gasteiger partial charge in [-0.1, -0.05) is 0 Å². The van der Waals surface area contributed by atoms with Crippen LogP contribution in [0.15, 0.2) is 48.7 Å². The number of aromatic nitrogens is 1. The van der Waals surface area contributed by atoms with E-state index in [1.807, 2.05) is 0 Å². The normalized spacial score (nSPS) is 14.0. The maximum atomic E-state index is 11.5. The van der Waals surface area contributed by atoms with E-state index in [-0.39, 0.29) is 0 Å². The first-order valence-corrected chi connectivity index (χ1v) is 4.47. The summed E-state index contributed by atoms with van der Waals surface area (Å²) < 4.78 is 10.0. The molecule has 0 N–H and O–H groups in total. The van der Waals surface area contributed by atoms with Crippen molar-refractivity contribution >= 4 is 5.97 Å². The molecule has 1 aromatic rings. The Balaban J connectivity index is 2.04. The van der Waals surface area contributed by atoms with Gasteiger partial charge in [-0.25, -0.2) is 4.79 Å². The fraction of sp³-hybridized carbons (Fsp3) is 0.0909. The predicted octanol–water partition coefficient (Wildman–Crippen LogP) is 1.67. The number of hydrogen-bond acceptors (Lipinski definition) is 4. The largest absolute Gasteiger partial charge is 0.497 e. The zero-order valence-electron chi connectivity index (χ0n) is 7.92. The van der Waals surface area contributed by atoms with Gasteiger partial charge in [0.2, 0.25) is 0 Å². The average molecular weight is 203 g/mol. The molecule has 0 radical (unpaired) electrons. The van der Waals surface area contributed by atoms with Gasteiger partial charge in [-0.2, -0.15) is 0 Å². The molecule has 0 amide bonds. The van der Waals surface area contributed by atoms with Gasteiger partial charge in [0.25, 0.3) is 0 Å². The monoisotopic (exact) mass is 203 g/mol. The van der Waals surface area contributed by atoms with E-state index in [0.29, 0.717) is 17.9 Å². The first kappa shape index (κ1) is 9.45. The zero-order chi connectivity index (χ0) is 10.5. The highest BCUT2D eigenvalue weighted by molar-refractivity contribution is 5.90. The third-order valence-electron chi connectivity index (χ3n) is 1.84. The van der Waals surface area contributed by atoms with E-state index in [0.717, 1.165) is 0 Å². The number of allylic oxidation sites excluding steroid dienone is 1. The van der Waals surface area contributed by atoms with Crippen LogP contribution in [0.1, 0.15) is 10.4 Å². The fourth-order valence-electron chi connectivity index (χ4n) is 1.10. The molecule has 0 saturated carbocycles. The van der Waals surface area contributed by atoms with Crippen molar-refractivity contribution in [3.63, 3.8) is 0 Å². The number of hydrogen-bond donors (Lipinski definition) is 0. The van der Waals surface area contributed by atoms with Crippen molar-refractivity contribution in [3.8, 4) is 0 Å². The van der Waals surface area contributed by atoms with Crippen molar-refractivity contribution in [3.05, 3.63) is 54.3 Å². The lowest BCUT2D eigenvalue weighted by molar-refractivity contribution is 0.0629. The average Bonchev–Trinajstić information content (AvgIpc) is 2.31. The van der Waals surface area contributed by atoms with E-state index in [2.05, 4.69) is 4.98 Å². The molecule has 2 heterocycles. The number of nitrogens with zero attached hydrogens (tertiary/aromatic N) is 1. The summed E-state index contributed by atoms with van der Waals surface area (Å²) in [6.07, 6.45) is 7.88. The molecule has 0 atom stereocenters. The molecule has 4 heteroatoms. The highest BCUT2D eigenvalue weighted by Gasteiger charge is 2.09. The molecule has 0 saturated heterocycles. The summed E-state index contributed by atoms with van der Waals surface area (Å²) in [6.45, 7) is 0.426. The first-order chi connectivity index (χ1) is 7.36. The molecule has 76 valence electrons. The van der Waals surface area contributed by atoms with Crippen LogP contribution >= 0.6 is 0 Å². The standard InChI is InChI=1S/C11H9NO3/c13-11(9-1-5-12-6-2-9)15-10-3-7-14-8-4-10/h1-7H,8H2. The molecule has 1 aromatic heterocycles. The lowest BCUT2D eigenvalue weighted by Gasteiger charge is -2.08. The Kier molecular flexibility index (Phi) is 2.78. The van der Waals surface area contributed by atoms with Crippen LogP contribution in [-0.2, 0) is 9.47 Å². The summed E-state index contributed by atoms with van der Waals surface area (Å²) in [5.41, 5.74) is 0.478. The van der Waals surface area contributed by atoms with E-state index < -0.39 is 5.97 Å². The van der Waals surface area contributed by atoms with E-state index in [4.69, 9.17) is 9.47 Å². The van der Waals surface area contributed by atoms with Crippen LogP contribution < -0.4 is 0 Å². The van der Waals surface area contributed by atoms with E-state index >= 15 is 0 Å². The minimum atomic E-state index is -0.393. The van der Waals surface area contributed by atoms with Gasteiger partial charge in [0.05, 0.1) is 11.8 Å². The highest BCUT2D eigenvalue weighted by Crippen LogP contribution is 2.09. The summed E-state index contributed by atoms with van der Waals surface area (Å²) >= 11 is 0. The summed E-state index contributed by atoms with van der Waals surface area (Å²) in [7, 11) is 0. The van der Waals surface area contributed by atoms with Crippen molar-refractivity contribution in [1.29, 1.82) is 0 Å². The van der Waals surface area contributed by atoms with Crippen molar-refractivity contribution in [1.82, 2.24) is 4.98 Å². The van der Waals surface area contributed by atoms with Crippen molar-refractivity contribution in [2.75, 3.05) is 6.61 Å². The second-order valence-corrected chi connectivity index (χ2v) is 2.87. The molecule has 0 unspecified atom stereocenters. The third kappa shape index (κ3) is 2.43. The smallest absolute Gasteiger partial charge is 0.343 e. The van der Waals surface area contributed by atoms with Gasteiger partial charge >= 0.3 is 5.97 Å². The van der Waals surface area contributed by atoms with E-state index in [1.165, 1.54) is 6.26 Å². The van der Waals surface area contributed by atoms with Gasteiger partial charge in [0.15, 0.2) is 0 Å². The molecule has 1 aliphatic rings. The SMILES string of the molecule is O=C(OC1=CCOC=C1)c1ccncc1. The van der Waals surface area contributed by atoms with Crippen LogP contribution in [0.2, 0.25) is 0 Å². The van der Waals surface area contributed by atoms with Crippen LogP contribution in [0, 0.1) is 0 Å². The highest BCUT2D eigenvalue weighted by atomic mass is 16.5. The number of pyridine rings is 1. The van der Waals surface area contributed by atoms with Crippen molar-refractivity contribution in [2.45, 2.75) is 0 Å². The summed E-state index contributed by atoms with van der Waals surface area (Å²) in [5.74, 6) is 0.110. The Morgan fingerprint density at radius 2 is 2.20 bits per heavy atom. The minimum Gasteiger partial charge on any atom is -0.497 e. The number of ether oxygens (including phenoxy) is 2. The third-order valence-corrected chi connectivity index (χ3v) is 1.84. The van der Waals surface area contributed by atoms with Gasteiger partial charge in [0.1, 0.15) is 12.4 Å². The topological polar surface area (TPSA) is 48.4 Å².